The van der Waals surface area contributed by atoms with Gasteiger partial charge in [-0.3, -0.25) is 4.98 Å². The molecule has 2 nitrogen and oxygen atoms in total. The SMILES string of the molecule is CC1(C)CCC(CN)C(c2ccc3ncccc3c2)C1. The average Bonchev–Trinajstić information content (AvgIpc) is 2.46. The highest BCUT2D eigenvalue weighted by Crippen LogP contribution is 2.46. The summed E-state index contributed by atoms with van der Waals surface area (Å²) in [6.45, 7) is 5.57. The van der Waals surface area contributed by atoms with Gasteiger partial charge in [0.05, 0.1) is 5.52 Å². The molecule has 1 aliphatic carbocycles. The molecule has 0 spiro atoms. The van der Waals surface area contributed by atoms with E-state index >= 15 is 0 Å². The van der Waals surface area contributed by atoms with Crippen LogP contribution in [-0.4, -0.2) is 11.5 Å². The maximum atomic E-state index is 6.02. The number of nitrogens with zero attached hydrogens (tertiary/aromatic N) is 1. The van der Waals surface area contributed by atoms with E-state index in [-0.39, 0.29) is 0 Å². The van der Waals surface area contributed by atoms with Crippen molar-refractivity contribution in [3.8, 4) is 0 Å². The Kier molecular flexibility index (Phi) is 3.51. The molecule has 1 aliphatic rings. The molecule has 2 heteroatoms. The molecular weight excluding hydrogens is 244 g/mol. The lowest BCUT2D eigenvalue weighted by Gasteiger charge is -2.40. The van der Waals surface area contributed by atoms with Crippen molar-refractivity contribution in [1.29, 1.82) is 0 Å². The molecule has 0 amide bonds. The summed E-state index contributed by atoms with van der Waals surface area (Å²) in [5.41, 5.74) is 8.97. The number of rotatable bonds is 2. The van der Waals surface area contributed by atoms with Crippen molar-refractivity contribution in [3.05, 3.63) is 42.1 Å². The van der Waals surface area contributed by atoms with Gasteiger partial charge in [-0.2, -0.15) is 0 Å². The van der Waals surface area contributed by atoms with Gasteiger partial charge in [0.1, 0.15) is 0 Å². The van der Waals surface area contributed by atoms with E-state index in [1.54, 1.807) is 0 Å². The third kappa shape index (κ3) is 2.57. The molecule has 3 rings (SSSR count). The Bertz CT molecular complexity index is 603. The minimum absolute atomic E-state index is 0.431. The summed E-state index contributed by atoms with van der Waals surface area (Å²) in [6.07, 6.45) is 5.63. The molecule has 2 unspecified atom stereocenters. The third-order valence-corrected chi connectivity index (χ3v) is 4.89. The molecule has 106 valence electrons. The first-order valence-corrected chi connectivity index (χ1v) is 7.64. The van der Waals surface area contributed by atoms with Crippen LogP contribution in [0.2, 0.25) is 0 Å². The zero-order chi connectivity index (χ0) is 14.2. The van der Waals surface area contributed by atoms with E-state index in [0.29, 0.717) is 17.3 Å². The topological polar surface area (TPSA) is 38.9 Å². The first-order valence-electron chi connectivity index (χ1n) is 7.64. The first kappa shape index (κ1) is 13.6. The van der Waals surface area contributed by atoms with Crippen molar-refractivity contribution in [3.63, 3.8) is 0 Å². The summed E-state index contributed by atoms with van der Waals surface area (Å²) in [4.78, 5) is 4.41. The molecule has 0 aliphatic heterocycles. The summed E-state index contributed by atoms with van der Waals surface area (Å²) >= 11 is 0. The summed E-state index contributed by atoms with van der Waals surface area (Å²) in [5.74, 6) is 1.21. The molecule has 2 N–H and O–H groups in total. The minimum atomic E-state index is 0.431. The molecule has 20 heavy (non-hydrogen) atoms. The Hall–Kier alpha value is -1.41. The maximum absolute atomic E-state index is 6.02. The number of fused-ring (bicyclic) bond motifs is 1. The van der Waals surface area contributed by atoms with Crippen molar-refractivity contribution in [2.45, 2.75) is 39.0 Å². The van der Waals surface area contributed by atoms with Gasteiger partial charge in [-0.15, -0.1) is 0 Å². The van der Waals surface area contributed by atoms with Gasteiger partial charge in [-0.1, -0.05) is 26.0 Å². The highest BCUT2D eigenvalue weighted by molar-refractivity contribution is 5.79. The normalized spacial score (nSPS) is 25.8. The van der Waals surface area contributed by atoms with Gasteiger partial charge in [0, 0.05) is 11.6 Å². The quantitative estimate of drug-likeness (QED) is 0.890. The van der Waals surface area contributed by atoms with E-state index < -0.39 is 0 Å². The molecule has 2 atom stereocenters. The highest BCUT2D eigenvalue weighted by Gasteiger charge is 2.34. The minimum Gasteiger partial charge on any atom is -0.330 e. The molecule has 0 saturated heterocycles. The Morgan fingerprint density at radius 3 is 2.95 bits per heavy atom. The zero-order valence-electron chi connectivity index (χ0n) is 12.5. The van der Waals surface area contributed by atoms with Crippen molar-refractivity contribution in [2.24, 2.45) is 17.1 Å². The van der Waals surface area contributed by atoms with Crippen LogP contribution in [0, 0.1) is 11.3 Å². The lowest BCUT2D eigenvalue weighted by molar-refractivity contribution is 0.166. The molecule has 1 saturated carbocycles. The number of aromatic nitrogens is 1. The fourth-order valence-corrected chi connectivity index (χ4v) is 3.64. The van der Waals surface area contributed by atoms with Crippen LogP contribution in [0.25, 0.3) is 10.9 Å². The molecular formula is C18H24N2. The molecule has 1 aromatic heterocycles. The van der Waals surface area contributed by atoms with Gasteiger partial charge in [-0.05, 0) is 66.8 Å². The summed E-state index contributed by atoms with van der Waals surface area (Å²) in [7, 11) is 0. The van der Waals surface area contributed by atoms with Crippen LogP contribution in [0.15, 0.2) is 36.5 Å². The number of nitrogens with two attached hydrogens (primary N) is 1. The van der Waals surface area contributed by atoms with E-state index in [2.05, 4.69) is 43.1 Å². The smallest absolute Gasteiger partial charge is 0.0702 e. The van der Waals surface area contributed by atoms with Crippen LogP contribution in [0.1, 0.15) is 44.6 Å². The van der Waals surface area contributed by atoms with Crippen molar-refractivity contribution in [2.75, 3.05) is 6.54 Å². The van der Waals surface area contributed by atoms with E-state index in [9.17, 15) is 0 Å². The first-order chi connectivity index (χ1) is 9.59. The van der Waals surface area contributed by atoms with E-state index in [1.807, 2.05) is 12.3 Å². The van der Waals surface area contributed by atoms with Crippen LogP contribution in [-0.2, 0) is 0 Å². The van der Waals surface area contributed by atoms with Crippen molar-refractivity contribution in [1.82, 2.24) is 4.98 Å². The molecule has 0 radical (unpaired) electrons. The molecule has 2 aromatic rings. The lowest BCUT2D eigenvalue weighted by Crippen LogP contribution is -2.32. The van der Waals surface area contributed by atoms with E-state index in [4.69, 9.17) is 5.73 Å². The van der Waals surface area contributed by atoms with Crippen LogP contribution >= 0.6 is 0 Å². The van der Waals surface area contributed by atoms with Gasteiger partial charge < -0.3 is 5.73 Å². The zero-order valence-corrected chi connectivity index (χ0v) is 12.5. The van der Waals surface area contributed by atoms with Gasteiger partial charge in [0.15, 0.2) is 0 Å². The Labute approximate surface area is 121 Å². The average molecular weight is 268 g/mol. The van der Waals surface area contributed by atoms with Crippen LogP contribution < -0.4 is 5.73 Å². The van der Waals surface area contributed by atoms with E-state index in [1.165, 1.54) is 30.2 Å². The van der Waals surface area contributed by atoms with E-state index in [0.717, 1.165) is 12.1 Å². The second kappa shape index (κ2) is 5.17. The van der Waals surface area contributed by atoms with Gasteiger partial charge in [0.2, 0.25) is 0 Å². The fourth-order valence-electron chi connectivity index (χ4n) is 3.64. The molecule has 1 heterocycles. The monoisotopic (exact) mass is 268 g/mol. The lowest BCUT2D eigenvalue weighted by atomic mass is 9.65. The number of hydrogen-bond acceptors (Lipinski definition) is 2. The predicted molar refractivity (Wildman–Crippen MR) is 84.7 cm³/mol. The van der Waals surface area contributed by atoms with Crippen molar-refractivity contribution >= 4 is 10.9 Å². The van der Waals surface area contributed by atoms with Crippen LogP contribution in [0.3, 0.4) is 0 Å². The Balaban J connectivity index is 1.98. The standard InChI is InChI=1S/C18H24N2/c1-18(2)8-7-15(12-19)16(11-18)13-5-6-17-14(10-13)4-3-9-20-17/h3-6,9-10,15-16H,7-8,11-12,19H2,1-2H3. The fraction of sp³-hybridized carbons (Fsp3) is 0.500. The van der Waals surface area contributed by atoms with Crippen LogP contribution in [0.4, 0.5) is 0 Å². The molecule has 0 bridgehead atoms. The summed E-state index contributed by atoms with van der Waals surface area (Å²) < 4.78 is 0. The third-order valence-electron chi connectivity index (χ3n) is 4.89. The summed E-state index contributed by atoms with van der Waals surface area (Å²) in [6, 6.07) is 10.9. The largest absolute Gasteiger partial charge is 0.330 e. The van der Waals surface area contributed by atoms with Gasteiger partial charge in [-0.25, -0.2) is 0 Å². The summed E-state index contributed by atoms with van der Waals surface area (Å²) in [5, 5.41) is 1.24. The van der Waals surface area contributed by atoms with Gasteiger partial charge in [0.25, 0.3) is 0 Å². The van der Waals surface area contributed by atoms with Gasteiger partial charge >= 0.3 is 0 Å². The Morgan fingerprint density at radius 1 is 1.30 bits per heavy atom. The van der Waals surface area contributed by atoms with Crippen LogP contribution in [0.5, 0.6) is 0 Å². The number of pyridine rings is 1. The van der Waals surface area contributed by atoms with Crippen molar-refractivity contribution < 1.29 is 0 Å². The predicted octanol–water partition coefficient (Wildman–Crippen LogP) is 4.10. The molecule has 1 fully saturated rings. The highest BCUT2D eigenvalue weighted by atomic mass is 14.6. The number of hydrogen-bond donors (Lipinski definition) is 1. The maximum Gasteiger partial charge on any atom is 0.0702 e. The Morgan fingerprint density at radius 2 is 2.15 bits per heavy atom. The second-order valence-corrected chi connectivity index (χ2v) is 6.96. The molecule has 1 aromatic carbocycles. The second-order valence-electron chi connectivity index (χ2n) is 6.96. The number of benzene rings is 1.